The maximum absolute atomic E-state index is 12.8. The number of carbonyl (C=O) groups excluding carboxylic acids is 2. The summed E-state index contributed by atoms with van der Waals surface area (Å²) in [4.78, 5) is 27.0. The van der Waals surface area contributed by atoms with Crippen molar-refractivity contribution >= 4 is 40.6 Å². The van der Waals surface area contributed by atoms with E-state index in [1.807, 2.05) is 78.9 Å². The molecule has 0 bridgehead atoms. The van der Waals surface area contributed by atoms with Crippen molar-refractivity contribution in [3.8, 4) is 5.75 Å². The first-order valence-electron chi connectivity index (χ1n) is 9.86. The van der Waals surface area contributed by atoms with E-state index in [0.29, 0.717) is 35.2 Å². The van der Waals surface area contributed by atoms with Crippen molar-refractivity contribution in [2.24, 2.45) is 0 Å². The first kappa shape index (κ1) is 21.2. The zero-order chi connectivity index (χ0) is 21.6. The molecule has 31 heavy (non-hydrogen) atoms. The van der Waals surface area contributed by atoms with Crippen LogP contribution in [0.5, 0.6) is 5.75 Å². The molecule has 1 aliphatic heterocycles. The van der Waals surface area contributed by atoms with Gasteiger partial charge in [0.05, 0.1) is 4.91 Å². The molecule has 0 N–H and O–H groups in total. The lowest BCUT2D eigenvalue weighted by molar-refractivity contribution is -0.122. The number of amides is 2. The molecule has 3 aromatic rings. The molecule has 3 aromatic carbocycles. The molecule has 4 rings (SSSR count). The van der Waals surface area contributed by atoms with Crippen LogP contribution in [0, 0.1) is 0 Å². The Balaban J connectivity index is 1.46. The number of halogens is 1. The van der Waals surface area contributed by atoms with Crippen molar-refractivity contribution in [1.29, 1.82) is 0 Å². The molecule has 0 aliphatic carbocycles. The molecule has 1 fully saturated rings. The monoisotopic (exact) mass is 449 g/mol. The highest BCUT2D eigenvalue weighted by atomic mass is 35.5. The number of benzene rings is 3. The third kappa shape index (κ3) is 5.37. The van der Waals surface area contributed by atoms with E-state index in [9.17, 15) is 9.59 Å². The zero-order valence-electron chi connectivity index (χ0n) is 16.7. The summed E-state index contributed by atoms with van der Waals surface area (Å²) in [5.74, 6) is 0.381. The van der Waals surface area contributed by atoms with Gasteiger partial charge in [-0.25, -0.2) is 0 Å². The first-order chi connectivity index (χ1) is 15.1. The number of imide groups is 1. The van der Waals surface area contributed by atoms with E-state index in [2.05, 4.69) is 0 Å². The van der Waals surface area contributed by atoms with E-state index < -0.39 is 0 Å². The van der Waals surface area contributed by atoms with Crippen LogP contribution in [0.4, 0.5) is 4.79 Å². The van der Waals surface area contributed by atoms with Gasteiger partial charge in [0.2, 0.25) is 0 Å². The zero-order valence-corrected chi connectivity index (χ0v) is 18.2. The van der Waals surface area contributed by atoms with Crippen molar-refractivity contribution in [1.82, 2.24) is 4.90 Å². The lowest BCUT2D eigenvalue weighted by Crippen LogP contribution is -2.30. The number of carbonyl (C=O) groups is 2. The van der Waals surface area contributed by atoms with E-state index in [-0.39, 0.29) is 11.1 Å². The molecule has 0 aromatic heterocycles. The first-order valence-corrected chi connectivity index (χ1v) is 11.1. The summed E-state index contributed by atoms with van der Waals surface area (Å²) in [6, 6.07) is 24.7. The largest absolute Gasteiger partial charge is 0.488 e. The Kier molecular flexibility index (Phi) is 6.75. The lowest BCUT2D eigenvalue weighted by Gasteiger charge is -2.12. The Labute approximate surface area is 190 Å². The number of ether oxygens (including phenoxy) is 1. The minimum absolute atomic E-state index is 0.244. The lowest BCUT2D eigenvalue weighted by atomic mass is 10.1. The molecular weight excluding hydrogens is 430 g/mol. The van der Waals surface area contributed by atoms with Gasteiger partial charge in [-0.05, 0) is 53.6 Å². The summed E-state index contributed by atoms with van der Waals surface area (Å²) in [7, 11) is 0. The van der Waals surface area contributed by atoms with E-state index in [0.717, 1.165) is 28.5 Å². The highest BCUT2D eigenvalue weighted by Crippen LogP contribution is 2.34. The van der Waals surface area contributed by atoms with E-state index in [4.69, 9.17) is 16.3 Å². The van der Waals surface area contributed by atoms with Gasteiger partial charge in [0, 0.05) is 17.1 Å². The second-order valence-electron chi connectivity index (χ2n) is 7.02. The van der Waals surface area contributed by atoms with Crippen LogP contribution in [0.2, 0.25) is 5.02 Å². The predicted octanol–water partition coefficient (Wildman–Crippen LogP) is 6.20. The van der Waals surface area contributed by atoms with Crippen molar-refractivity contribution in [3.05, 3.63) is 105 Å². The van der Waals surface area contributed by atoms with Gasteiger partial charge < -0.3 is 4.74 Å². The summed E-state index contributed by atoms with van der Waals surface area (Å²) >= 11 is 6.89. The Morgan fingerprint density at radius 1 is 0.871 bits per heavy atom. The van der Waals surface area contributed by atoms with Crippen LogP contribution in [0.15, 0.2) is 83.8 Å². The molecule has 0 radical (unpaired) electrons. The summed E-state index contributed by atoms with van der Waals surface area (Å²) < 4.78 is 5.96. The molecular formula is C25H20ClNO3S. The molecule has 0 saturated carbocycles. The number of para-hydroxylation sites is 1. The molecule has 6 heteroatoms. The normalized spacial score (nSPS) is 15.0. The van der Waals surface area contributed by atoms with Gasteiger partial charge in [-0.3, -0.25) is 14.5 Å². The quantitative estimate of drug-likeness (QED) is 0.403. The van der Waals surface area contributed by atoms with Crippen LogP contribution in [0.1, 0.15) is 16.7 Å². The van der Waals surface area contributed by atoms with Crippen LogP contribution in [-0.2, 0) is 17.8 Å². The second kappa shape index (κ2) is 9.86. The minimum Gasteiger partial charge on any atom is -0.488 e. The van der Waals surface area contributed by atoms with E-state index >= 15 is 0 Å². The van der Waals surface area contributed by atoms with Crippen LogP contribution >= 0.6 is 23.4 Å². The Morgan fingerprint density at radius 2 is 1.58 bits per heavy atom. The average Bonchev–Trinajstić information content (AvgIpc) is 3.06. The predicted molar refractivity (Wildman–Crippen MR) is 125 cm³/mol. The fourth-order valence-corrected chi connectivity index (χ4v) is 4.17. The number of nitrogens with zero attached hydrogens (tertiary/aromatic N) is 1. The average molecular weight is 450 g/mol. The molecule has 0 unspecified atom stereocenters. The highest BCUT2D eigenvalue weighted by molar-refractivity contribution is 8.18. The third-order valence-electron chi connectivity index (χ3n) is 4.85. The van der Waals surface area contributed by atoms with E-state index in [1.54, 1.807) is 6.08 Å². The Morgan fingerprint density at radius 3 is 2.35 bits per heavy atom. The topological polar surface area (TPSA) is 46.6 Å². The molecule has 1 heterocycles. The number of hydrogen-bond donors (Lipinski definition) is 0. The SMILES string of the molecule is O=C1S/C(=C\c2ccccc2OCc2ccc(Cl)cc2)C(=O)N1CCc1ccccc1. The number of thioether (sulfide) groups is 1. The second-order valence-corrected chi connectivity index (χ2v) is 8.45. The van der Waals surface area contributed by atoms with Crippen LogP contribution < -0.4 is 4.74 Å². The third-order valence-corrected chi connectivity index (χ3v) is 6.01. The molecule has 0 spiro atoms. The Bertz CT molecular complexity index is 1110. The van der Waals surface area contributed by atoms with Crippen molar-refractivity contribution in [3.63, 3.8) is 0 Å². The van der Waals surface area contributed by atoms with Crippen LogP contribution in [0.25, 0.3) is 6.08 Å². The van der Waals surface area contributed by atoms with E-state index in [1.165, 1.54) is 4.90 Å². The smallest absolute Gasteiger partial charge is 0.293 e. The molecule has 2 amide bonds. The van der Waals surface area contributed by atoms with Crippen molar-refractivity contribution < 1.29 is 14.3 Å². The molecule has 4 nitrogen and oxygen atoms in total. The molecule has 156 valence electrons. The fourth-order valence-electron chi connectivity index (χ4n) is 3.19. The van der Waals surface area contributed by atoms with Crippen molar-refractivity contribution in [2.75, 3.05) is 6.54 Å². The van der Waals surface area contributed by atoms with Gasteiger partial charge in [0.15, 0.2) is 0 Å². The van der Waals surface area contributed by atoms with Gasteiger partial charge in [-0.15, -0.1) is 0 Å². The van der Waals surface area contributed by atoms with Gasteiger partial charge >= 0.3 is 0 Å². The summed E-state index contributed by atoms with van der Waals surface area (Å²) in [5, 5.41) is 0.430. The van der Waals surface area contributed by atoms with Gasteiger partial charge in [0.1, 0.15) is 12.4 Å². The van der Waals surface area contributed by atoms with Crippen LogP contribution in [0.3, 0.4) is 0 Å². The standard InChI is InChI=1S/C25H20ClNO3S/c26-21-12-10-19(11-13-21)17-30-22-9-5-4-8-20(22)16-23-24(28)27(25(29)31-23)15-14-18-6-2-1-3-7-18/h1-13,16H,14-15,17H2/b23-16-. The summed E-state index contributed by atoms with van der Waals surface area (Å²) in [5.41, 5.74) is 2.83. The summed E-state index contributed by atoms with van der Waals surface area (Å²) in [6.45, 7) is 0.737. The number of rotatable bonds is 7. The molecule has 0 atom stereocenters. The van der Waals surface area contributed by atoms with Crippen LogP contribution in [-0.4, -0.2) is 22.6 Å². The number of hydrogen-bond acceptors (Lipinski definition) is 4. The van der Waals surface area contributed by atoms with Gasteiger partial charge in [0.25, 0.3) is 11.1 Å². The summed E-state index contributed by atoms with van der Waals surface area (Å²) in [6.07, 6.45) is 2.36. The highest BCUT2D eigenvalue weighted by Gasteiger charge is 2.34. The Hall–Kier alpha value is -3.02. The van der Waals surface area contributed by atoms with Gasteiger partial charge in [-0.1, -0.05) is 72.3 Å². The molecule has 1 saturated heterocycles. The molecule has 1 aliphatic rings. The van der Waals surface area contributed by atoms with Crippen molar-refractivity contribution in [2.45, 2.75) is 13.0 Å². The van der Waals surface area contributed by atoms with Gasteiger partial charge in [-0.2, -0.15) is 0 Å². The maximum Gasteiger partial charge on any atom is 0.293 e. The fraction of sp³-hybridized carbons (Fsp3) is 0.120. The maximum atomic E-state index is 12.8. The minimum atomic E-state index is -0.265.